The third kappa shape index (κ3) is 4.89. The van der Waals surface area contributed by atoms with Gasteiger partial charge >= 0.3 is 0 Å². The largest absolute Gasteiger partial charge is 0.508 e. The lowest BCUT2D eigenvalue weighted by Crippen LogP contribution is -2.17. The lowest BCUT2D eigenvalue weighted by Gasteiger charge is -2.13. The van der Waals surface area contributed by atoms with E-state index in [2.05, 4.69) is 15.6 Å². The maximum Gasteiger partial charge on any atom is 0.226 e. The minimum absolute atomic E-state index is 0.193. The van der Waals surface area contributed by atoms with Gasteiger partial charge in [0.25, 0.3) is 0 Å². The highest BCUT2D eigenvalue weighted by Crippen LogP contribution is 2.26. The Balaban J connectivity index is 1.62. The molecule has 0 aliphatic rings. The Hall–Kier alpha value is -3.72. The molecule has 0 atom stereocenters. The third-order valence-electron chi connectivity index (χ3n) is 4.47. The lowest BCUT2D eigenvalue weighted by atomic mass is 10.1. The maximum atomic E-state index is 11.6. The van der Waals surface area contributed by atoms with Gasteiger partial charge in [0, 0.05) is 11.6 Å². The number of rotatable bonds is 7. The van der Waals surface area contributed by atoms with Crippen LogP contribution in [0.1, 0.15) is 16.9 Å². The molecular weight excluding hydrogens is 416 g/mol. The van der Waals surface area contributed by atoms with Crippen LogP contribution in [0.25, 0.3) is 11.4 Å². The van der Waals surface area contributed by atoms with Crippen molar-refractivity contribution in [2.45, 2.75) is 24.4 Å². The maximum absolute atomic E-state index is 11.6. The number of phenolic OH excluding ortho intramolecular Hbond substituents is 1. The molecule has 0 fully saturated rings. The number of phenols is 1. The van der Waals surface area contributed by atoms with E-state index in [0.29, 0.717) is 29.0 Å². The first-order valence-electron chi connectivity index (χ1n) is 9.47. The number of aromatic nitrogens is 3. The molecule has 0 aliphatic carbocycles. The molecule has 0 aliphatic heterocycles. The average molecular weight is 436 g/mol. The molecule has 2 heterocycles. The Kier molecular flexibility index (Phi) is 5.94. The first kappa shape index (κ1) is 20.5. The van der Waals surface area contributed by atoms with E-state index in [4.69, 9.17) is 4.42 Å². The summed E-state index contributed by atoms with van der Waals surface area (Å²) in [5.41, 5.74) is 5.70. The average Bonchev–Trinajstić information content (AvgIpc) is 3.16. The van der Waals surface area contributed by atoms with E-state index < -0.39 is 11.2 Å². The molecule has 0 amide bonds. The van der Waals surface area contributed by atoms with Gasteiger partial charge in [-0.2, -0.15) is 0 Å². The van der Waals surface area contributed by atoms with Crippen LogP contribution < -0.4 is 10.9 Å². The van der Waals surface area contributed by atoms with Crippen molar-refractivity contribution in [2.75, 3.05) is 5.43 Å². The van der Waals surface area contributed by atoms with Crippen molar-refractivity contribution in [3.8, 4) is 22.9 Å². The van der Waals surface area contributed by atoms with Gasteiger partial charge in [-0.15, -0.1) is 10.2 Å². The predicted octanol–water partition coefficient (Wildman–Crippen LogP) is 3.65. The molecule has 0 bridgehead atoms. The Morgan fingerprint density at radius 3 is 2.71 bits per heavy atom. The van der Waals surface area contributed by atoms with Crippen molar-refractivity contribution < 1.29 is 14.6 Å². The van der Waals surface area contributed by atoms with E-state index in [-0.39, 0.29) is 5.75 Å². The van der Waals surface area contributed by atoms with Crippen LogP contribution in [0.5, 0.6) is 11.5 Å². The van der Waals surface area contributed by atoms with E-state index in [1.54, 1.807) is 22.9 Å². The molecule has 9 heteroatoms. The zero-order chi connectivity index (χ0) is 21.8. The van der Waals surface area contributed by atoms with Crippen LogP contribution in [-0.2, 0) is 12.3 Å². The van der Waals surface area contributed by atoms with Crippen molar-refractivity contribution in [3.63, 3.8) is 0 Å². The molecule has 0 radical (unpaired) electrons. The summed E-state index contributed by atoms with van der Waals surface area (Å²) in [6, 6.07) is 16.2. The van der Waals surface area contributed by atoms with Gasteiger partial charge in [-0.3, -0.25) is 4.79 Å². The summed E-state index contributed by atoms with van der Waals surface area (Å²) in [5.74, 6) is 1.14. The summed E-state index contributed by atoms with van der Waals surface area (Å²) >= 11 is 1.34. The van der Waals surface area contributed by atoms with E-state index in [1.165, 1.54) is 17.8 Å². The Morgan fingerprint density at radius 2 is 1.94 bits per heavy atom. The predicted molar refractivity (Wildman–Crippen MR) is 118 cm³/mol. The normalized spacial score (nSPS) is 10.9. The molecule has 8 nitrogen and oxygen atoms in total. The highest BCUT2D eigenvalue weighted by molar-refractivity contribution is 7.98. The molecule has 0 saturated heterocycles. The number of thioether (sulfide) groups is 1. The fraction of sp³-hybridized carbons (Fsp3) is 0.136. The fourth-order valence-electron chi connectivity index (χ4n) is 2.97. The van der Waals surface area contributed by atoms with E-state index >= 15 is 0 Å². The number of aryl methyl sites for hydroxylation is 1. The molecule has 0 spiro atoms. The standard InChI is InChI=1S/C22H20N4O4S/c1-14-4-2-6-16(8-14)21-24-25-22(31-13-18-10-19(28)20(29)12-30-18)26(21)23-11-15-5-3-7-17(27)9-15/h2-10,12,23,27,29H,11,13H2,1H3. The molecule has 158 valence electrons. The van der Waals surface area contributed by atoms with E-state index in [1.807, 2.05) is 37.3 Å². The number of hydrogen-bond donors (Lipinski definition) is 3. The number of nitrogens with zero attached hydrogens (tertiary/aromatic N) is 3. The van der Waals surface area contributed by atoms with Gasteiger partial charge in [-0.05, 0) is 30.7 Å². The molecule has 4 rings (SSSR count). The van der Waals surface area contributed by atoms with Gasteiger partial charge in [-0.25, -0.2) is 4.68 Å². The highest BCUT2D eigenvalue weighted by atomic mass is 32.2. The molecule has 2 aromatic heterocycles. The summed E-state index contributed by atoms with van der Waals surface area (Å²) in [6.07, 6.45) is 1.03. The number of benzene rings is 2. The molecular formula is C22H20N4O4S. The Labute approximate surface area is 182 Å². The zero-order valence-electron chi connectivity index (χ0n) is 16.6. The summed E-state index contributed by atoms with van der Waals surface area (Å²) in [4.78, 5) is 11.6. The van der Waals surface area contributed by atoms with Gasteiger partial charge in [0.15, 0.2) is 11.6 Å². The molecule has 0 unspecified atom stereocenters. The molecule has 3 N–H and O–H groups in total. The van der Waals surface area contributed by atoms with Crippen molar-refractivity contribution >= 4 is 11.8 Å². The first-order chi connectivity index (χ1) is 15.0. The second-order valence-electron chi connectivity index (χ2n) is 6.90. The lowest BCUT2D eigenvalue weighted by molar-refractivity contribution is 0.419. The van der Waals surface area contributed by atoms with E-state index in [9.17, 15) is 15.0 Å². The minimum atomic E-state index is -0.495. The minimum Gasteiger partial charge on any atom is -0.508 e. The van der Waals surface area contributed by atoms with Crippen LogP contribution in [0, 0.1) is 6.92 Å². The summed E-state index contributed by atoms with van der Waals surface area (Å²) < 4.78 is 7.05. The van der Waals surface area contributed by atoms with Crippen LogP contribution in [0.15, 0.2) is 75.2 Å². The summed E-state index contributed by atoms with van der Waals surface area (Å²) in [6.45, 7) is 2.44. The Bertz CT molecular complexity index is 1270. The zero-order valence-corrected chi connectivity index (χ0v) is 17.5. The second-order valence-corrected chi connectivity index (χ2v) is 7.84. The fourth-order valence-corrected chi connectivity index (χ4v) is 3.77. The van der Waals surface area contributed by atoms with Crippen molar-refractivity contribution in [2.24, 2.45) is 0 Å². The smallest absolute Gasteiger partial charge is 0.226 e. The molecule has 31 heavy (non-hydrogen) atoms. The van der Waals surface area contributed by atoms with Crippen molar-refractivity contribution in [1.29, 1.82) is 0 Å². The third-order valence-corrected chi connectivity index (χ3v) is 5.42. The van der Waals surface area contributed by atoms with Crippen LogP contribution in [-0.4, -0.2) is 25.1 Å². The number of aromatic hydroxyl groups is 2. The number of hydrogen-bond acceptors (Lipinski definition) is 8. The Morgan fingerprint density at radius 1 is 1.10 bits per heavy atom. The highest BCUT2D eigenvalue weighted by Gasteiger charge is 2.16. The first-order valence-corrected chi connectivity index (χ1v) is 10.5. The van der Waals surface area contributed by atoms with Crippen LogP contribution in [0.2, 0.25) is 0 Å². The molecule has 2 aromatic carbocycles. The van der Waals surface area contributed by atoms with Gasteiger partial charge in [0.2, 0.25) is 10.6 Å². The quantitative estimate of drug-likeness (QED) is 0.376. The SMILES string of the molecule is Cc1cccc(-c2nnc(SCc3cc(=O)c(O)co3)n2NCc2cccc(O)c2)c1. The van der Waals surface area contributed by atoms with Gasteiger partial charge < -0.3 is 20.1 Å². The van der Waals surface area contributed by atoms with Crippen LogP contribution >= 0.6 is 11.8 Å². The van der Waals surface area contributed by atoms with Gasteiger partial charge in [-0.1, -0.05) is 47.7 Å². The monoisotopic (exact) mass is 436 g/mol. The second kappa shape index (κ2) is 8.97. The summed E-state index contributed by atoms with van der Waals surface area (Å²) in [5, 5.41) is 28.3. The van der Waals surface area contributed by atoms with Gasteiger partial charge in [0.05, 0.1) is 12.3 Å². The van der Waals surface area contributed by atoms with Gasteiger partial charge in [0.1, 0.15) is 17.8 Å². The van der Waals surface area contributed by atoms with Crippen LogP contribution in [0.3, 0.4) is 0 Å². The number of nitrogens with one attached hydrogen (secondary N) is 1. The van der Waals surface area contributed by atoms with Crippen molar-refractivity contribution in [3.05, 3.63) is 88.0 Å². The summed E-state index contributed by atoms with van der Waals surface area (Å²) in [7, 11) is 0. The topological polar surface area (TPSA) is 113 Å². The van der Waals surface area contributed by atoms with Crippen LogP contribution in [0.4, 0.5) is 0 Å². The van der Waals surface area contributed by atoms with E-state index in [0.717, 1.165) is 23.0 Å². The van der Waals surface area contributed by atoms with Crippen molar-refractivity contribution in [1.82, 2.24) is 14.9 Å². The molecule has 0 saturated carbocycles. The molecule has 4 aromatic rings.